The van der Waals surface area contributed by atoms with Crippen molar-refractivity contribution in [2.75, 3.05) is 32.7 Å². The van der Waals surface area contributed by atoms with E-state index in [1.165, 1.54) is 0 Å². The van der Waals surface area contributed by atoms with Crippen LogP contribution in [0.4, 0.5) is 0 Å². The average Bonchev–Trinajstić information content (AvgIpc) is 2.33. The van der Waals surface area contributed by atoms with Crippen LogP contribution < -0.4 is 10.9 Å². The Morgan fingerprint density at radius 3 is 2.65 bits per heavy atom. The summed E-state index contributed by atoms with van der Waals surface area (Å²) in [5, 5.41) is 3.32. The molecule has 0 amide bonds. The zero-order chi connectivity index (χ0) is 12.3. The van der Waals surface area contributed by atoms with Gasteiger partial charge in [0.05, 0.1) is 4.47 Å². The van der Waals surface area contributed by atoms with Gasteiger partial charge in [-0.15, -0.1) is 0 Å². The summed E-state index contributed by atoms with van der Waals surface area (Å²) in [6.45, 7) is 5.85. The van der Waals surface area contributed by atoms with Crippen molar-refractivity contribution in [3.8, 4) is 0 Å². The molecule has 1 N–H and O–H groups in total. The number of hydrogen-bond donors (Lipinski definition) is 1. The van der Waals surface area contributed by atoms with Crippen molar-refractivity contribution < 1.29 is 0 Å². The van der Waals surface area contributed by atoms with Crippen molar-refractivity contribution in [2.45, 2.75) is 6.54 Å². The Hall–Kier alpha value is -0.170. The molecule has 1 aromatic rings. The molecule has 0 bridgehead atoms. The van der Waals surface area contributed by atoms with E-state index in [4.69, 9.17) is 0 Å². The molecule has 0 aromatic carbocycles. The SMILES string of the molecule is O=c1c(Br)cc(Br)cn1CCN1CCNCC1. The summed E-state index contributed by atoms with van der Waals surface area (Å²) in [5.41, 5.74) is 0.0309. The topological polar surface area (TPSA) is 37.3 Å². The lowest BCUT2D eigenvalue weighted by Gasteiger charge is -2.27. The summed E-state index contributed by atoms with van der Waals surface area (Å²) in [6, 6.07) is 1.78. The van der Waals surface area contributed by atoms with Gasteiger partial charge >= 0.3 is 0 Å². The maximum Gasteiger partial charge on any atom is 0.264 e. The Bertz CT molecular complexity index is 441. The summed E-state index contributed by atoms with van der Waals surface area (Å²) in [7, 11) is 0. The molecule has 0 spiro atoms. The number of rotatable bonds is 3. The van der Waals surface area contributed by atoms with Crippen molar-refractivity contribution in [1.29, 1.82) is 0 Å². The highest BCUT2D eigenvalue weighted by molar-refractivity contribution is 9.11. The van der Waals surface area contributed by atoms with Gasteiger partial charge in [0.2, 0.25) is 0 Å². The standard InChI is InChI=1S/C11H15Br2N3O/c12-9-7-10(13)11(17)16(8-9)6-5-15-3-1-14-2-4-15/h7-8,14H,1-6H2. The first-order valence-corrected chi connectivity index (χ1v) is 7.24. The molecule has 1 aliphatic heterocycles. The van der Waals surface area contributed by atoms with Crippen LogP contribution in [0.2, 0.25) is 0 Å². The van der Waals surface area contributed by atoms with Crippen LogP contribution in [-0.2, 0) is 6.54 Å². The largest absolute Gasteiger partial charge is 0.314 e. The molecule has 2 heterocycles. The van der Waals surface area contributed by atoms with E-state index in [2.05, 4.69) is 42.1 Å². The molecule has 4 nitrogen and oxygen atoms in total. The van der Waals surface area contributed by atoms with Crippen molar-refractivity contribution in [2.24, 2.45) is 0 Å². The van der Waals surface area contributed by atoms with E-state index in [9.17, 15) is 4.79 Å². The molecule has 0 radical (unpaired) electrons. The van der Waals surface area contributed by atoms with E-state index >= 15 is 0 Å². The Morgan fingerprint density at radius 1 is 1.24 bits per heavy atom. The van der Waals surface area contributed by atoms with Crippen LogP contribution >= 0.6 is 31.9 Å². The van der Waals surface area contributed by atoms with E-state index in [1.54, 1.807) is 10.6 Å². The molecule has 0 unspecified atom stereocenters. The summed E-state index contributed by atoms with van der Waals surface area (Å²) < 4.78 is 3.27. The van der Waals surface area contributed by atoms with Gasteiger partial charge in [-0.3, -0.25) is 9.69 Å². The number of pyridine rings is 1. The highest BCUT2D eigenvalue weighted by atomic mass is 79.9. The minimum atomic E-state index is 0.0309. The maximum absolute atomic E-state index is 11.9. The summed E-state index contributed by atoms with van der Waals surface area (Å²) in [6.07, 6.45) is 1.84. The van der Waals surface area contributed by atoms with Gasteiger partial charge in [0.15, 0.2) is 0 Å². The number of nitrogens with one attached hydrogen (secondary N) is 1. The van der Waals surface area contributed by atoms with Crippen molar-refractivity contribution in [3.63, 3.8) is 0 Å². The normalized spacial score (nSPS) is 17.3. The molecule has 17 heavy (non-hydrogen) atoms. The van der Waals surface area contributed by atoms with Gasteiger partial charge in [-0.25, -0.2) is 0 Å². The second-order valence-electron chi connectivity index (χ2n) is 4.10. The molecular weight excluding hydrogens is 350 g/mol. The number of hydrogen-bond acceptors (Lipinski definition) is 3. The highest BCUT2D eigenvalue weighted by Gasteiger charge is 2.10. The second-order valence-corrected chi connectivity index (χ2v) is 5.87. The van der Waals surface area contributed by atoms with Crippen LogP contribution in [0.25, 0.3) is 0 Å². The van der Waals surface area contributed by atoms with E-state index < -0.39 is 0 Å². The number of aromatic nitrogens is 1. The Kier molecular flexibility index (Phi) is 4.78. The van der Waals surface area contributed by atoms with E-state index in [0.29, 0.717) is 4.47 Å². The predicted octanol–water partition coefficient (Wildman–Crippen LogP) is 1.28. The molecule has 0 atom stereocenters. The van der Waals surface area contributed by atoms with Crippen LogP contribution in [0, 0.1) is 0 Å². The second kappa shape index (κ2) is 6.13. The molecule has 94 valence electrons. The van der Waals surface area contributed by atoms with Crippen LogP contribution in [0.3, 0.4) is 0 Å². The van der Waals surface area contributed by atoms with Crippen molar-refractivity contribution >= 4 is 31.9 Å². The fourth-order valence-electron chi connectivity index (χ4n) is 1.91. The number of nitrogens with zero attached hydrogens (tertiary/aromatic N) is 2. The van der Waals surface area contributed by atoms with Crippen molar-refractivity contribution in [1.82, 2.24) is 14.8 Å². The van der Waals surface area contributed by atoms with Gasteiger partial charge in [0, 0.05) is 49.9 Å². The van der Waals surface area contributed by atoms with Gasteiger partial charge in [0.25, 0.3) is 5.56 Å². The molecule has 1 aromatic heterocycles. The smallest absolute Gasteiger partial charge is 0.264 e. The van der Waals surface area contributed by atoms with Crippen LogP contribution in [-0.4, -0.2) is 42.2 Å². The van der Waals surface area contributed by atoms with Crippen molar-refractivity contribution in [3.05, 3.63) is 31.6 Å². The monoisotopic (exact) mass is 363 g/mol. The minimum absolute atomic E-state index is 0.0309. The van der Waals surface area contributed by atoms with Gasteiger partial charge in [0.1, 0.15) is 0 Å². The molecule has 0 saturated carbocycles. The number of piperazine rings is 1. The summed E-state index contributed by atoms with van der Waals surface area (Å²) >= 11 is 6.68. The summed E-state index contributed by atoms with van der Waals surface area (Å²) in [5.74, 6) is 0. The summed E-state index contributed by atoms with van der Waals surface area (Å²) in [4.78, 5) is 14.2. The quantitative estimate of drug-likeness (QED) is 0.877. The lowest BCUT2D eigenvalue weighted by Crippen LogP contribution is -2.45. The Labute approximate surface area is 117 Å². The van der Waals surface area contributed by atoms with Crippen LogP contribution in [0.1, 0.15) is 0 Å². The molecule has 6 heteroatoms. The zero-order valence-corrected chi connectivity index (χ0v) is 12.6. The van der Waals surface area contributed by atoms with Gasteiger partial charge in [-0.2, -0.15) is 0 Å². The molecule has 0 aliphatic carbocycles. The third kappa shape index (κ3) is 3.64. The highest BCUT2D eigenvalue weighted by Crippen LogP contribution is 2.12. The maximum atomic E-state index is 11.9. The fraction of sp³-hybridized carbons (Fsp3) is 0.545. The lowest BCUT2D eigenvalue weighted by atomic mass is 10.3. The first-order chi connectivity index (χ1) is 8.16. The van der Waals surface area contributed by atoms with Gasteiger partial charge in [-0.1, -0.05) is 0 Å². The van der Waals surface area contributed by atoms with Gasteiger partial charge in [-0.05, 0) is 37.9 Å². The third-order valence-electron chi connectivity index (χ3n) is 2.88. The molecule has 2 rings (SSSR count). The molecule has 1 aliphatic rings. The van der Waals surface area contributed by atoms with E-state index in [-0.39, 0.29) is 5.56 Å². The molecular formula is C11H15Br2N3O. The lowest BCUT2D eigenvalue weighted by molar-refractivity contribution is 0.231. The third-order valence-corrected chi connectivity index (χ3v) is 3.88. The Balaban J connectivity index is 2.00. The molecule has 1 saturated heterocycles. The first kappa shape index (κ1) is 13.3. The first-order valence-electron chi connectivity index (χ1n) is 5.65. The van der Waals surface area contributed by atoms with E-state index in [1.807, 2.05) is 6.20 Å². The van der Waals surface area contributed by atoms with Gasteiger partial charge < -0.3 is 9.88 Å². The average molecular weight is 365 g/mol. The minimum Gasteiger partial charge on any atom is -0.314 e. The number of halogens is 2. The fourth-order valence-corrected chi connectivity index (χ4v) is 3.17. The zero-order valence-electron chi connectivity index (χ0n) is 9.46. The Morgan fingerprint density at radius 2 is 1.94 bits per heavy atom. The molecule has 1 fully saturated rings. The van der Waals surface area contributed by atoms with Crippen LogP contribution in [0.5, 0.6) is 0 Å². The van der Waals surface area contributed by atoms with Crippen LogP contribution in [0.15, 0.2) is 26.0 Å². The van der Waals surface area contributed by atoms with E-state index in [0.717, 1.165) is 43.7 Å². The predicted molar refractivity (Wildman–Crippen MR) is 75.4 cm³/mol.